The third-order valence-electron chi connectivity index (χ3n) is 17.9. The number of rotatable bonds is 2. The van der Waals surface area contributed by atoms with Crippen LogP contribution in [0.3, 0.4) is 0 Å². The summed E-state index contributed by atoms with van der Waals surface area (Å²) in [5, 5.41) is 0. The average Bonchev–Trinajstić information content (AvgIpc) is 3.72. The van der Waals surface area contributed by atoms with Crippen molar-refractivity contribution < 1.29 is 18.0 Å². The van der Waals surface area contributed by atoms with Gasteiger partial charge in [-0.2, -0.15) is 8.42 Å². The molecule has 2 N–H and O–H groups in total. The van der Waals surface area contributed by atoms with E-state index in [2.05, 4.69) is 112 Å². The van der Waals surface area contributed by atoms with Gasteiger partial charge in [-0.3, -0.25) is 9.54 Å². The molecule has 0 aliphatic heterocycles. The van der Waals surface area contributed by atoms with Crippen molar-refractivity contribution in [2.24, 2.45) is 69.0 Å². The summed E-state index contributed by atoms with van der Waals surface area (Å²) in [6.07, 6.45) is 38.7. The number of pyridine rings is 2. The predicted molar refractivity (Wildman–Crippen MR) is 233 cm³/mol. The number of allylic oxidation sites excluding steroid dienone is 8. The Kier molecular flexibility index (Phi) is 11.0. The molecule has 57 heavy (non-hydrogen) atoms. The number of H-pyrrole nitrogens is 1. The van der Waals surface area contributed by atoms with Gasteiger partial charge in [-0.05, 0) is 188 Å². The second kappa shape index (κ2) is 15.3. The molecule has 8 aliphatic carbocycles. The van der Waals surface area contributed by atoms with Crippen LogP contribution in [0.5, 0.6) is 0 Å². The molecule has 8 aliphatic rings. The van der Waals surface area contributed by atoms with Crippen LogP contribution < -0.4 is 4.98 Å². The summed E-state index contributed by atoms with van der Waals surface area (Å²) in [5.74, 6) is 7.05. The Morgan fingerprint density at radius 3 is 1.58 bits per heavy atom. The highest BCUT2D eigenvalue weighted by Gasteiger charge is 2.58. The molecule has 0 amide bonds. The number of aromatic nitrogens is 2. The summed E-state index contributed by atoms with van der Waals surface area (Å²) in [6.45, 7) is 15.3. The molecule has 12 atom stereocenters. The van der Waals surface area contributed by atoms with Crippen molar-refractivity contribution in [2.45, 2.75) is 131 Å². The first kappa shape index (κ1) is 40.9. The van der Waals surface area contributed by atoms with Crippen LogP contribution in [0, 0.1) is 69.0 Å². The molecule has 5 nitrogen and oxygen atoms in total. The molecular weight excluding hydrogens is 721 g/mol. The van der Waals surface area contributed by atoms with E-state index in [0.717, 1.165) is 47.3 Å². The second-order valence-electron chi connectivity index (χ2n) is 21.1. The maximum Gasteiger partial charge on any atom is 0.261 e. The largest absolute Gasteiger partial charge is 0.286 e. The monoisotopic (exact) mass is 792 g/mol. The average molecular weight is 792 g/mol. The Morgan fingerprint density at radius 2 is 1.12 bits per heavy atom. The van der Waals surface area contributed by atoms with Crippen LogP contribution >= 0.6 is 0 Å². The number of hydrogen-bond donors (Lipinski definition) is 1. The van der Waals surface area contributed by atoms with E-state index >= 15 is 0 Å². The van der Waals surface area contributed by atoms with E-state index in [4.69, 9.17) is 4.55 Å². The van der Waals surface area contributed by atoms with Crippen LogP contribution in [0.4, 0.5) is 0 Å². The van der Waals surface area contributed by atoms with Gasteiger partial charge in [0.25, 0.3) is 10.1 Å². The van der Waals surface area contributed by atoms with E-state index in [1.165, 1.54) is 101 Å². The standard InChI is InChI=1S/2C25H33N.CH4O3S/c2*1-17-10-12-24(2)19(15-17)6-7-20-22-9-8-21(18-5-4-14-26-16-18)25(22,3)13-11-23(20)24;1-5(2,3)4/h2*4-6,8,14,16-17,20,22-23H,7,9-13,15H2,1-3H3;1H3,(H,2,3,4)/p+1/t2*17-,20?,22?,23?,24-,25+;/m00./s1. The predicted octanol–water partition coefficient (Wildman–Crippen LogP) is 12.3. The fourth-order valence-electron chi connectivity index (χ4n) is 14.8. The topological polar surface area (TPSA) is 81.4 Å². The maximum absolute atomic E-state index is 9.19. The maximum atomic E-state index is 9.19. The van der Waals surface area contributed by atoms with E-state index in [0.29, 0.717) is 27.9 Å². The van der Waals surface area contributed by atoms with Crippen LogP contribution in [0.2, 0.25) is 0 Å². The minimum absolute atomic E-state index is 0.355. The Morgan fingerprint density at radius 1 is 0.649 bits per heavy atom. The summed E-state index contributed by atoms with van der Waals surface area (Å²) >= 11 is 0. The van der Waals surface area contributed by atoms with Gasteiger partial charge in [-0.1, -0.05) is 83.1 Å². The minimum atomic E-state index is -3.67. The Bertz CT molecular complexity index is 1900. The van der Waals surface area contributed by atoms with Gasteiger partial charge in [-0.25, -0.2) is 4.98 Å². The van der Waals surface area contributed by atoms with Crippen LogP contribution in [-0.2, 0) is 10.1 Å². The summed E-state index contributed by atoms with van der Waals surface area (Å²) in [7, 11) is -3.67. The van der Waals surface area contributed by atoms with Crippen molar-refractivity contribution in [1.82, 2.24) is 4.98 Å². The van der Waals surface area contributed by atoms with E-state index in [1.54, 1.807) is 11.1 Å². The molecule has 2 heterocycles. The molecule has 2 aromatic heterocycles. The summed E-state index contributed by atoms with van der Waals surface area (Å²) in [4.78, 5) is 7.71. The Labute approximate surface area is 345 Å². The molecule has 308 valence electrons. The molecule has 6 heteroatoms. The van der Waals surface area contributed by atoms with Gasteiger partial charge in [0, 0.05) is 24.0 Å². The third-order valence-corrected chi connectivity index (χ3v) is 17.9. The van der Waals surface area contributed by atoms with Crippen molar-refractivity contribution in [3.05, 3.63) is 95.6 Å². The first-order chi connectivity index (χ1) is 27.0. The molecule has 0 saturated heterocycles. The minimum Gasteiger partial charge on any atom is -0.286 e. The Balaban J connectivity index is 0.000000143. The highest BCUT2D eigenvalue weighted by molar-refractivity contribution is 7.85. The first-order valence-electron chi connectivity index (χ1n) is 22.6. The Hall–Kier alpha value is -2.83. The number of fused-ring (bicyclic) bond motifs is 10. The van der Waals surface area contributed by atoms with E-state index in [1.807, 2.05) is 23.5 Å². The molecule has 2 aromatic rings. The van der Waals surface area contributed by atoms with Crippen molar-refractivity contribution >= 4 is 21.3 Å². The van der Waals surface area contributed by atoms with Gasteiger partial charge in [0.05, 0.1) is 6.26 Å². The summed E-state index contributed by atoms with van der Waals surface area (Å²) < 4.78 is 25.9. The first-order valence-corrected chi connectivity index (χ1v) is 24.5. The van der Waals surface area contributed by atoms with E-state index in [-0.39, 0.29) is 0 Å². The summed E-state index contributed by atoms with van der Waals surface area (Å²) in [6, 6.07) is 8.81. The van der Waals surface area contributed by atoms with Gasteiger partial charge in [-0.15, -0.1) is 0 Å². The van der Waals surface area contributed by atoms with Crippen LogP contribution in [0.15, 0.2) is 84.5 Å². The van der Waals surface area contributed by atoms with Gasteiger partial charge >= 0.3 is 0 Å². The number of hydrogen-bond acceptors (Lipinski definition) is 3. The molecule has 0 spiro atoms. The van der Waals surface area contributed by atoms with E-state index < -0.39 is 10.1 Å². The normalized spacial score (nSPS) is 41.5. The zero-order valence-electron chi connectivity index (χ0n) is 36.1. The van der Waals surface area contributed by atoms with Crippen molar-refractivity contribution in [2.75, 3.05) is 6.26 Å². The highest BCUT2D eigenvalue weighted by Crippen LogP contribution is 2.68. The fourth-order valence-corrected chi connectivity index (χ4v) is 14.8. The molecule has 0 radical (unpaired) electrons. The highest BCUT2D eigenvalue weighted by atomic mass is 32.2. The number of nitrogens with one attached hydrogen (secondary N) is 1. The molecule has 0 bridgehead atoms. The lowest BCUT2D eigenvalue weighted by molar-refractivity contribution is -0.378. The molecular formula is C51H71N2O3S+. The lowest BCUT2D eigenvalue weighted by atomic mass is 9.47. The number of aromatic amines is 1. The van der Waals surface area contributed by atoms with Crippen LogP contribution in [0.25, 0.3) is 11.1 Å². The van der Waals surface area contributed by atoms with Crippen molar-refractivity contribution in [1.29, 1.82) is 0 Å². The van der Waals surface area contributed by atoms with Crippen molar-refractivity contribution in [3.8, 4) is 0 Å². The van der Waals surface area contributed by atoms with Gasteiger partial charge in [0.1, 0.15) is 0 Å². The van der Waals surface area contributed by atoms with Gasteiger partial charge in [0.2, 0.25) is 0 Å². The smallest absolute Gasteiger partial charge is 0.261 e. The molecule has 4 saturated carbocycles. The SMILES string of the molecule is CS(=O)(=O)O.C[C@H]1CC[C@@]2(C)C(=CCC3C2CC[C@]2(C)C(c4ccc[nH+]c4)=CCC32)C1.C[C@H]1CC[C@@]2(C)C(=CCC3C2CC[C@]2(C)C(c4cccnc4)=CCC32)C1. The third kappa shape index (κ3) is 7.40. The van der Waals surface area contributed by atoms with Gasteiger partial charge < -0.3 is 0 Å². The molecule has 4 fully saturated rings. The lowest BCUT2D eigenvalue weighted by Gasteiger charge is -2.58. The zero-order valence-corrected chi connectivity index (χ0v) is 36.9. The second-order valence-corrected chi connectivity index (χ2v) is 22.6. The van der Waals surface area contributed by atoms with Crippen LogP contribution in [-0.4, -0.2) is 24.2 Å². The molecule has 6 unspecified atom stereocenters. The number of nitrogens with zero attached hydrogens (tertiary/aromatic N) is 1. The van der Waals surface area contributed by atoms with Crippen LogP contribution in [0.1, 0.15) is 143 Å². The zero-order chi connectivity index (χ0) is 40.4. The lowest BCUT2D eigenvalue weighted by Crippen LogP contribution is -2.49. The molecule has 0 aromatic carbocycles. The van der Waals surface area contributed by atoms with E-state index in [9.17, 15) is 8.42 Å². The molecule has 10 rings (SSSR count). The van der Waals surface area contributed by atoms with Gasteiger partial charge in [0.15, 0.2) is 12.4 Å². The quantitative estimate of drug-likeness (QED) is 0.243. The fraction of sp³-hybridized carbons (Fsp3) is 0.647. The summed E-state index contributed by atoms with van der Waals surface area (Å²) in [5.41, 5.74) is 11.4. The van der Waals surface area contributed by atoms with Crippen molar-refractivity contribution in [3.63, 3.8) is 0 Å².